The molecule has 1 aromatic carbocycles. The van der Waals surface area contributed by atoms with Crippen molar-refractivity contribution in [2.24, 2.45) is 7.05 Å². The maximum atomic E-state index is 12.6. The maximum absolute atomic E-state index is 12.6. The number of non-ortho nitro benzene ring substituents is 1. The summed E-state index contributed by atoms with van der Waals surface area (Å²) < 4.78 is 32.8. The van der Waals surface area contributed by atoms with E-state index in [2.05, 4.69) is 5.10 Å². The van der Waals surface area contributed by atoms with Crippen molar-refractivity contribution in [2.75, 3.05) is 18.5 Å². The average Bonchev–Trinajstić information content (AvgIpc) is 2.91. The highest BCUT2D eigenvalue weighted by atomic mass is 32.2. The molecule has 0 radical (unpaired) electrons. The van der Waals surface area contributed by atoms with Crippen LogP contribution >= 0.6 is 0 Å². The number of nitrogens with zero attached hydrogens (tertiary/aromatic N) is 4. The molecule has 0 aliphatic heterocycles. The summed E-state index contributed by atoms with van der Waals surface area (Å²) in [5.41, 5.74) is 0.114. The van der Waals surface area contributed by atoms with Crippen LogP contribution in [0.15, 0.2) is 35.5 Å². The van der Waals surface area contributed by atoms with E-state index in [1.165, 1.54) is 31.2 Å². The number of nitro groups is 1. The molecule has 0 saturated heterocycles. The Morgan fingerprint density at radius 2 is 2.09 bits per heavy atom. The molecule has 22 heavy (non-hydrogen) atoms. The largest absolute Gasteiger partial charge is 0.495 e. The number of sulfonamides is 1. The van der Waals surface area contributed by atoms with Gasteiger partial charge in [-0.2, -0.15) is 5.10 Å². The smallest absolute Gasteiger partial charge is 0.273 e. The number of aromatic nitrogens is 2. The Kier molecular flexibility index (Phi) is 4.04. The first kappa shape index (κ1) is 15.8. The second kappa shape index (κ2) is 5.64. The highest BCUT2D eigenvalue weighted by Crippen LogP contribution is 2.31. The van der Waals surface area contributed by atoms with Crippen molar-refractivity contribution < 1.29 is 18.1 Å². The van der Waals surface area contributed by atoms with E-state index >= 15 is 0 Å². The minimum atomic E-state index is -3.93. The van der Waals surface area contributed by atoms with Crippen LogP contribution in [0.3, 0.4) is 0 Å². The molecule has 2 rings (SSSR count). The Morgan fingerprint density at radius 1 is 1.41 bits per heavy atom. The van der Waals surface area contributed by atoms with Gasteiger partial charge in [0.15, 0.2) is 0 Å². The van der Waals surface area contributed by atoms with E-state index in [9.17, 15) is 18.5 Å². The summed E-state index contributed by atoms with van der Waals surface area (Å²) in [6.45, 7) is 0. The molecule has 0 amide bonds. The molecule has 118 valence electrons. The predicted molar refractivity (Wildman–Crippen MR) is 78.4 cm³/mol. The fourth-order valence-corrected chi connectivity index (χ4v) is 3.14. The topological polar surface area (TPSA) is 108 Å². The molecular weight excluding hydrogens is 312 g/mol. The van der Waals surface area contributed by atoms with Gasteiger partial charge in [-0.3, -0.25) is 19.1 Å². The molecule has 2 aromatic rings. The van der Waals surface area contributed by atoms with Gasteiger partial charge in [-0.25, -0.2) is 8.42 Å². The molecule has 0 spiro atoms. The van der Waals surface area contributed by atoms with Crippen LogP contribution in [0, 0.1) is 10.1 Å². The summed E-state index contributed by atoms with van der Waals surface area (Å²) in [6, 6.07) is 3.34. The minimum Gasteiger partial charge on any atom is -0.495 e. The van der Waals surface area contributed by atoms with Crippen LogP contribution in [-0.2, 0) is 17.1 Å². The molecular formula is C12H14N4O5S. The van der Waals surface area contributed by atoms with Crippen molar-refractivity contribution in [3.8, 4) is 5.75 Å². The van der Waals surface area contributed by atoms with E-state index in [0.717, 1.165) is 22.5 Å². The van der Waals surface area contributed by atoms with E-state index in [4.69, 9.17) is 4.74 Å². The van der Waals surface area contributed by atoms with Gasteiger partial charge in [-0.15, -0.1) is 0 Å². The summed E-state index contributed by atoms with van der Waals surface area (Å²) in [5, 5.41) is 14.7. The number of hydrogen-bond acceptors (Lipinski definition) is 6. The summed E-state index contributed by atoms with van der Waals surface area (Å²) in [7, 11) is 0.352. The van der Waals surface area contributed by atoms with E-state index < -0.39 is 14.9 Å². The Balaban J connectivity index is 2.51. The second-order valence-electron chi connectivity index (χ2n) is 4.44. The first-order valence-electron chi connectivity index (χ1n) is 6.07. The van der Waals surface area contributed by atoms with Gasteiger partial charge in [0.25, 0.3) is 15.7 Å². The van der Waals surface area contributed by atoms with Gasteiger partial charge in [-0.1, -0.05) is 0 Å². The lowest BCUT2D eigenvalue weighted by molar-refractivity contribution is -0.385. The maximum Gasteiger partial charge on any atom is 0.273 e. The van der Waals surface area contributed by atoms with Crippen LogP contribution < -0.4 is 9.04 Å². The average molecular weight is 326 g/mol. The molecule has 0 unspecified atom stereocenters. The monoisotopic (exact) mass is 326 g/mol. The van der Waals surface area contributed by atoms with Gasteiger partial charge >= 0.3 is 0 Å². The zero-order valence-electron chi connectivity index (χ0n) is 12.1. The fourth-order valence-electron chi connectivity index (χ4n) is 1.84. The number of methoxy groups -OCH3 is 1. The number of ether oxygens (including phenoxy) is 1. The van der Waals surface area contributed by atoms with E-state index in [-0.39, 0.29) is 16.3 Å². The van der Waals surface area contributed by atoms with Crippen LogP contribution in [0.1, 0.15) is 0 Å². The van der Waals surface area contributed by atoms with Crippen molar-refractivity contribution in [3.05, 3.63) is 40.7 Å². The molecule has 9 nitrogen and oxygen atoms in total. The number of benzene rings is 1. The van der Waals surface area contributed by atoms with E-state index in [1.54, 1.807) is 7.05 Å². The number of hydrogen-bond donors (Lipinski definition) is 0. The number of aryl methyl sites for hydroxylation is 1. The second-order valence-corrected chi connectivity index (χ2v) is 6.37. The molecule has 0 aliphatic carbocycles. The van der Waals surface area contributed by atoms with Crippen molar-refractivity contribution in [1.29, 1.82) is 0 Å². The molecule has 0 saturated carbocycles. The molecule has 10 heteroatoms. The lowest BCUT2D eigenvalue weighted by Crippen LogP contribution is -2.26. The van der Waals surface area contributed by atoms with Crippen molar-refractivity contribution >= 4 is 21.4 Å². The summed E-state index contributed by atoms with van der Waals surface area (Å²) in [6.07, 6.45) is 2.94. The number of rotatable bonds is 5. The predicted octanol–water partition coefficient (Wildman–Crippen LogP) is 1.16. The Hall–Kier alpha value is -2.62. The molecule has 1 heterocycles. The molecule has 0 aliphatic rings. The third-order valence-electron chi connectivity index (χ3n) is 3.05. The van der Waals surface area contributed by atoms with Crippen LogP contribution in [0.5, 0.6) is 5.75 Å². The SMILES string of the molecule is COc1cc([N+](=O)[O-])ccc1S(=O)(=O)N(C)c1cnn(C)c1. The Morgan fingerprint density at radius 3 is 2.59 bits per heavy atom. The van der Waals surface area contributed by atoms with Crippen LogP contribution in [-0.4, -0.2) is 37.3 Å². The first-order chi connectivity index (χ1) is 10.3. The molecule has 1 aromatic heterocycles. The first-order valence-corrected chi connectivity index (χ1v) is 7.51. The zero-order chi connectivity index (χ0) is 16.5. The van der Waals surface area contributed by atoms with Crippen molar-refractivity contribution in [2.45, 2.75) is 4.90 Å². The van der Waals surface area contributed by atoms with Crippen molar-refractivity contribution in [3.63, 3.8) is 0 Å². The van der Waals surface area contributed by atoms with Gasteiger partial charge < -0.3 is 4.74 Å². The van der Waals surface area contributed by atoms with E-state index in [0.29, 0.717) is 5.69 Å². The zero-order valence-corrected chi connectivity index (χ0v) is 12.9. The number of anilines is 1. The fraction of sp³-hybridized carbons (Fsp3) is 0.250. The highest BCUT2D eigenvalue weighted by Gasteiger charge is 2.27. The van der Waals surface area contributed by atoms with Gasteiger partial charge in [0.1, 0.15) is 10.6 Å². The molecule has 0 fully saturated rings. The lowest BCUT2D eigenvalue weighted by atomic mass is 10.3. The van der Waals surface area contributed by atoms with Gasteiger partial charge in [0.2, 0.25) is 0 Å². The molecule has 0 bridgehead atoms. The Labute approximate surface area is 126 Å². The van der Waals surface area contributed by atoms with E-state index in [1.807, 2.05) is 0 Å². The standard InChI is InChI=1S/C12H14N4O5S/c1-14-8-10(7-13-14)15(2)22(19,20)12-5-4-9(16(17)18)6-11(12)21-3/h4-8H,1-3H3. The summed E-state index contributed by atoms with van der Waals surface area (Å²) in [4.78, 5) is 9.99. The van der Waals surface area contributed by atoms with Crippen LogP contribution in [0.2, 0.25) is 0 Å². The Bertz CT molecular complexity index is 815. The number of nitro benzene ring substituents is 1. The summed E-state index contributed by atoms with van der Waals surface area (Å²) in [5.74, 6) is -0.0926. The molecule has 0 atom stereocenters. The summed E-state index contributed by atoms with van der Waals surface area (Å²) >= 11 is 0. The quantitative estimate of drug-likeness (QED) is 0.603. The normalized spacial score (nSPS) is 11.2. The lowest BCUT2D eigenvalue weighted by Gasteiger charge is -2.18. The third-order valence-corrected chi connectivity index (χ3v) is 4.88. The van der Waals surface area contributed by atoms with Gasteiger partial charge in [0.05, 0.1) is 30.0 Å². The van der Waals surface area contributed by atoms with Crippen LogP contribution in [0.4, 0.5) is 11.4 Å². The van der Waals surface area contributed by atoms with Crippen molar-refractivity contribution in [1.82, 2.24) is 9.78 Å². The van der Waals surface area contributed by atoms with Gasteiger partial charge in [-0.05, 0) is 6.07 Å². The molecule has 0 N–H and O–H groups in total. The third kappa shape index (κ3) is 2.72. The van der Waals surface area contributed by atoms with Gasteiger partial charge in [0, 0.05) is 26.4 Å². The minimum absolute atomic E-state index is 0.0926. The highest BCUT2D eigenvalue weighted by molar-refractivity contribution is 7.92. The van der Waals surface area contributed by atoms with Crippen LogP contribution in [0.25, 0.3) is 0 Å².